The number of hydrogen-bond acceptors (Lipinski definition) is 8. The van der Waals surface area contributed by atoms with E-state index in [4.69, 9.17) is 14.2 Å². The summed E-state index contributed by atoms with van der Waals surface area (Å²) in [5.74, 6) is 0.242. The van der Waals surface area contributed by atoms with E-state index in [2.05, 4.69) is 10.4 Å². The molecule has 0 saturated heterocycles. The summed E-state index contributed by atoms with van der Waals surface area (Å²) in [5, 5.41) is 17.7. The number of ketones is 1. The minimum absolute atomic E-state index is 0.250. The summed E-state index contributed by atoms with van der Waals surface area (Å²) in [6, 6.07) is 11.9. The number of hydrogen-bond donors (Lipinski definition) is 1. The molecular weight excluding hydrogens is 456 g/mol. The predicted octanol–water partition coefficient (Wildman–Crippen LogP) is 3.65. The highest BCUT2D eigenvalue weighted by molar-refractivity contribution is 6.08. The van der Waals surface area contributed by atoms with Crippen LogP contribution in [0.1, 0.15) is 23.0 Å². The minimum atomic E-state index is -0.655. The van der Waals surface area contributed by atoms with Crippen molar-refractivity contribution in [3.05, 3.63) is 76.1 Å². The normalized spacial score (nSPS) is 10.7. The van der Waals surface area contributed by atoms with E-state index >= 15 is 0 Å². The predicted molar refractivity (Wildman–Crippen MR) is 128 cm³/mol. The highest BCUT2D eigenvalue weighted by atomic mass is 16.6. The maximum Gasteiger partial charge on any atom is 0.318 e. The standard InChI is InChI=1S/C24H24N4O7/c1-4-34-22-13-16(9-11-19(29)24-18(28(31)32)14-27(2)26-24)10-12-21(22)35-15-23(30)25-17-7-5-6-8-20(17)33-3/h5-14H,4,15H2,1-3H3,(H,25,30)/b11-9+. The Hall–Kier alpha value is -4.67. The molecule has 1 aromatic heterocycles. The van der Waals surface area contributed by atoms with Gasteiger partial charge in [0.05, 0.1) is 24.3 Å². The first-order valence-electron chi connectivity index (χ1n) is 10.5. The van der Waals surface area contributed by atoms with Crippen molar-refractivity contribution in [3.8, 4) is 17.2 Å². The summed E-state index contributed by atoms with van der Waals surface area (Å²) in [5.41, 5.74) is 0.491. The van der Waals surface area contributed by atoms with Crippen molar-refractivity contribution in [2.45, 2.75) is 6.92 Å². The Labute approximate surface area is 201 Å². The van der Waals surface area contributed by atoms with Crippen LogP contribution in [-0.4, -0.2) is 46.7 Å². The Morgan fingerprint density at radius 2 is 1.91 bits per heavy atom. The quantitative estimate of drug-likeness (QED) is 0.190. The molecule has 0 atom stereocenters. The Kier molecular flexibility index (Phi) is 8.17. The van der Waals surface area contributed by atoms with Gasteiger partial charge in [0.15, 0.2) is 18.1 Å². The van der Waals surface area contributed by atoms with Crippen molar-refractivity contribution in [2.24, 2.45) is 7.05 Å². The second-order valence-electron chi connectivity index (χ2n) is 7.17. The lowest BCUT2D eigenvalue weighted by Crippen LogP contribution is -2.20. The molecule has 0 aliphatic heterocycles. The second-order valence-corrected chi connectivity index (χ2v) is 7.17. The van der Waals surface area contributed by atoms with Gasteiger partial charge in [-0.3, -0.25) is 24.4 Å². The average molecular weight is 480 g/mol. The number of aryl methyl sites for hydroxylation is 1. The van der Waals surface area contributed by atoms with Gasteiger partial charge in [0.2, 0.25) is 11.5 Å². The smallest absolute Gasteiger partial charge is 0.318 e. The Morgan fingerprint density at radius 3 is 2.63 bits per heavy atom. The van der Waals surface area contributed by atoms with Crippen molar-refractivity contribution in [1.29, 1.82) is 0 Å². The maximum atomic E-state index is 12.4. The van der Waals surface area contributed by atoms with Crippen LogP contribution in [0, 0.1) is 10.1 Å². The highest BCUT2D eigenvalue weighted by Crippen LogP contribution is 2.29. The first kappa shape index (κ1) is 25.0. The Bertz CT molecular complexity index is 1270. The van der Waals surface area contributed by atoms with Gasteiger partial charge in [-0.25, -0.2) is 0 Å². The van der Waals surface area contributed by atoms with Crippen LogP contribution in [-0.2, 0) is 11.8 Å². The van der Waals surface area contributed by atoms with Crippen LogP contribution in [0.3, 0.4) is 0 Å². The van der Waals surface area contributed by atoms with Crippen LogP contribution in [0.2, 0.25) is 0 Å². The van der Waals surface area contributed by atoms with Crippen molar-refractivity contribution in [2.75, 3.05) is 25.6 Å². The van der Waals surface area contributed by atoms with Gasteiger partial charge in [-0.2, -0.15) is 5.10 Å². The Morgan fingerprint density at radius 1 is 1.14 bits per heavy atom. The third-order valence-electron chi connectivity index (χ3n) is 4.67. The number of methoxy groups -OCH3 is 1. The second kappa shape index (κ2) is 11.5. The maximum absolute atomic E-state index is 12.4. The Balaban J connectivity index is 1.70. The number of carbonyl (C=O) groups excluding carboxylic acids is 2. The number of nitrogens with one attached hydrogen (secondary N) is 1. The average Bonchev–Trinajstić information content (AvgIpc) is 3.24. The highest BCUT2D eigenvalue weighted by Gasteiger charge is 2.23. The zero-order valence-corrected chi connectivity index (χ0v) is 19.4. The topological polar surface area (TPSA) is 135 Å². The molecule has 1 amide bonds. The van der Waals surface area contributed by atoms with Crippen LogP contribution >= 0.6 is 0 Å². The number of amides is 1. The monoisotopic (exact) mass is 480 g/mol. The molecule has 2 aromatic carbocycles. The molecule has 1 N–H and O–H groups in total. The van der Waals surface area contributed by atoms with Crippen molar-refractivity contribution in [3.63, 3.8) is 0 Å². The first-order valence-corrected chi connectivity index (χ1v) is 10.5. The lowest BCUT2D eigenvalue weighted by Gasteiger charge is -2.13. The molecule has 1 heterocycles. The zero-order chi connectivity index (χ0) is 25.4. The summed E-state index contributed by atoms with van der Waals surface area (Å²) in [4.78, 5) is 35.2. The summed E-state index contributed by atoms with van der Waals surface area (Å²) < 4.78 is 17.7. The van der Waals surface area contributed by atoms with E-state index in [1.807, 2.05) is 0 Å². The number of nitro groups is 1. The molecule has 0 saturated carbocycles. The van der Waals surface area contributed by atoms with E-state index < -0.39 is 10.7 Å². The molecule has 0 spiro atoms. The fourth-order valence-electron chi connectivity index (χ4n) is 3.13. The number of anilines is 1. The molecular formula is C24H24N4O7. The number of rotatable bonds is 11. The molecule has 35 heavy (non-hydrogen) atoms. The summed E-state index contributed by atoms with van der Waals surface area (Å²) >= 11 is 0. The molecule has 11 nitrogen and oxygen atoms in total. The zero-order valence-electron chi connectivity index (χ0n) is 19.4. The van der Waals surface area contributed by atoms with E-state index in [1.54, 1.807) is 49.4 Å². The first-order chi connectivity index (χ1) is 16.8. The molecule has 0 unspecified atom stereocenters. The van der Waals surface area contributed by atoms with Crippen LogP contribution in [0.15, 0.2) is 54.7 Å². The van der Waals surface area contributed by atoms with E-state index in [9.17, 15) is 19.7 Å². The minimum Gasteiger partial charge on any atom is -0.495 e. The fraction of sp³-hybridized carbons (Fsp3) is 0.208. The summed E-state index contributed by atoms with van der Waals surface area (Å²) in [6.07, 6.45) is 3.85. The number of para-hydroxylation sites is 2. The third-order valence-corrected chi connectivity index (χ3v) is 4.67. The number of benzene rings is 2. The van der Waals surface area contributed by atoms with E-state index in [0.29, 0.717) is 35.1 Å². The van der Waals surface area contributed by atoms with E-state index in [0.717, 1.165) is 0 Å². The molecule has 0 aliphatic rings. The molecule has 0 bridgehead atoms. The SMILES string of the molecule is CCOc1cc(/C=C/C(=O)c2nn(C)cc2[N+](=O)[O-])ccc1OCC(=O)Nc1ccccc1OC. The number of nitrogens with zero attached hydrogens (tertiary/aromatic N) is 3. The lowest BCUT2D eigenvalue weighted by molar-refractivity contribution is -0.385. The van der Waals surface area contributed by atoms with Gasteiger partial charge in [0.25, 0.3) is 5.91 Å². The molecule has 11 heteroatoms. The van der Waals surface area contributed by atoms with Crippen molar-refractivity contribution < 1.29 is 28.7 Å². The van der Waals surface area contributed by atoms with E-state index in [1.165, 1.54) is 37.2 Å². The lowest BCUT2D eigenvalue weighted by atomic mass is 10.1. The van der Waals surface area contributed by atoms with Gasteiger partial charge in [-0.05, 0) is 42.8 Å². The van der Waals surface area contributed by atoms with Crippen molar-refractivity contribution >= 4 is 29.1 Å². The van der Waals surface area contributed by atoms with Crippen LogP contribution in [0.25, 0.3) is 6.08 Å². The molecule has 182 valence electrons. The number of allylic oxidation sites excluding steroid dienone is 1. The van der Waals surface area contributed by atoms with Crippen LogP contribution in [0.4, 0.5) is 11.4 Å². The molecule has 0 radical (unpaired) electrons. The van der Waals surface area contributed by atoms with Crippen molar-refractivity contribution in [1.82, 2.24) is 9.78 Å². The van der Waals surface area contributed by atoms with E-state index in [-0.39, 0.29) is 23.9 Å². The summed E-state index contributed by atoms with van der Waals surface area (Å²) in [7, 11) is 3.01. The third kappa shape index (κ3) is 6.44. The molecule has 0 aliphatic carbocycles. The number of carbonyl (C=O) groups is 2. The molecule has 3 aromatic rings. The van der Waals surface area contributed by atoms with Crippen LogP contribution in [0.5, 0.6) is 17.2 Å². The van der Waals surface area contributed by atoms with Gasteiger partial charge in [0.1, 0.15) is 11.9 Å². The number of aromatic nitrogens is 2. The molecule has 0 fully saturated rings. The number of ether oxygens (including phenoxy) is 3. The molecule has 3 rings (SSSR count). The fourth-order valence-corrected chi connectivity index (χ4v) is 3.13. The van der Waals surface area contributed by atoms with Gasteiger partial charge in [-0.15, -0.1) is 0 Å². The van der Waals surface area contributed by atoms with Gasteiger partial charge < -0.3 is 19.5 Å². The van der Waals surface area contributed by atoms with Gasteiger partial charge in [-0.1, -0.05) is 24.3 Å². The van der Waals surface area contributed by atoms with Crippen LogP contribution < -0.4 is 19.5 Å². The summed E-state index contributed by atoms with van der Waals surface area (Å²) in [6.45, 7) is 1.87. The van der Waals surface area contributed by atoms with Gasteiger partial charge >= 0.3 is 5.69 Å². The largest absolute Gasteiger partial charge is 0.495 e. The van der Waals surface area contributed by atoms with Gasteiger partial charge in [0, 0.05) is 7.05 Å².